The number of hydrogen-bond acceptors (Lipinski definition) is 3. The zero-order chi connectivity index (χ0) is 11.6. The van der Waals surface area contributed by atoms with E-state index in [2.05, 4.69) is 15.9 Å². The van der Waals surface area contributed by atoms with E-state index < -0.39 is 5.79 Å². The molecule has 0 amide bonds. The highest BCUT2D eigenvalue weighted by atomic mass is 79.9. The molecule has 88 valence electrons. The van der Waals surface area contributed by atoms with E-state index in [0.717, 1.165) is 10.0 Å². The van der Waals surface area contributed by atoms with E-state index in [9.17, 15) is 0 Å². The molecule has 1 aromatic rings. The minimum Gasteiger partial charge on any atom is -0.396 e. The average molecular weight is 287 g/mol. The molecule has 0 bridgehead atoms. The Morgan fingerprint density at radius 3 is 2.75 bits per heavy atom. The van der Waals surface area contributed by atoms with Gasteiger partial charge in [-0.2, -0.15) is 0 Å². The van der Waals surface area contributed by atoms with Gasteiger partial charge in [-0.05, 0) is 25.5 Å². The molecule has 0 aliphatic carbocycles. The van der Waals surface area contributed by atoms with Crippen molar-refractivity contribution in [2.24, 2.45) is 0 Å². The number of aliphatic hydroxyl groups is 1. The predicted octanol–water partition coefficient (Wildman–Crippen LogP) is 2.42. The minimum atomic E-state index is -0.680. The second-order valence-electron chi connectivity index (χ2n) is 4.02. The average Bonchev–Trinajstić information content (AvgIpc) is 2.63. The van der Waals surface area contributed by atoms with Gasteiger partial charge in [0, 0.05) is 16.6 Å². The van der Waals surface area contributed by atoms with Crippen molar-refractivity contribution in [3.8, 4) is 0 Å². The van der Waals surface area contributed by atoms with E-state index >= 15 is 0 Å². The zero-order valence-electron chi connectivity index (χ0n) is 9.15. The predicted molar refractivity (Wildman–Crippen MR) is 64.0 cm³/mol. The van der Waals surface area contributed by atoms with E-state index in [1.54, 1.807) is 0 Å². The number of halogens is 1. The number of aliphatic hydroxyl groups excluding tert-OH is 1. The lowest BCUT2D eigenvalue weighted by Gasteiger charge is -2.23. The molecule has 0 aromatic heterocycles. The molecule has 1 aliphatic rings. The maximum atomic E-state index is 8.86. The molecule has 1 aromatic carbocycles. The standard InChI is InChI=1S/C12H15BrO3/c1-12(9-2-4-10(13)5-3-9)15-8-11(16-12)6-7-14/h2-5,11,14H,6-8H2,1H3. The lowest BCUT2D eigenvalue weighted by Crippen LogP contribution is -2.24. The first-order valence-electron chi connectivity index (χ1n) is 5.33. The minimum absolute atomic E-state index is 0.0151. The second kappa shape index (κ2) is 4.84. The molecule has 1 saturated heterocycles. The van der Waals surface area contributed by atoms with Crippen molar-refractivity contribution in [1.29, 1.82) is 0 Å². The molecule has 3 nitrogen and oxygen atoms in total. The molecule has 2 rings (SSSR count). The largest absolute Gasteiger partial charge is 0.396 e. The molecule has 1 fully saturated rings. The van der Waals surface area contributed by atoms with Gasteiger partial charge in [-0.3, -0.25) is 0 Å². The highest BCUT2D eigenvalue weighted by Crippen LogP contribution is 2.35. The highest BCUT2D eigenvalue weighted by molar-refractivity contribution is 9.10. The molecule has 1 aliphatic heterocycles. The Hall–Kier alpha value is -0.420. The van der Waals surface area contributed by atoms with E-state index in [-0.39, 0.29) is 12.7 Å². The van der Waals surface area contributed by atoms with E-state index in [0.29, 0.717) is 13.0 Å². The number of benzene rings is 1. The Morgan fingerprint density at radius 2 is 2.12 bits per heavy atom. The quantitative estimate of drug-likeness (QED) is 0.928. The molecule has 16 heavy (non-hydrogen) atoms. The molecule has 2 unspecified atom stereocenters. The number of hydrogen-bond donors (Lipinski definition) is 1. The summed E-state index contributed by atoms with van der Waals surface area (Å²) in [4.78, 5) is 0. The fraction of sp³-hybridized carbons (Fsp3) is 0.500. The number of ether oxygens (including phenoxy) is 2. The Balaban J connectivity index is 2.12. The summed E-state index contributed by atoms with van der Waals surface area (Å²) in [5.74, 6) is -0.680. The van der Waals surface area contributed by atoms with Crippen LogP contribution in [0.3, 0.4) is 0 Å². The van der Waals surface area contributed by atoms with Gasteiger partial charge in [0.05, 0.1) is 12.7 Å². The fourth-order valence-electron chi connectivity index (χ4n) is 1.83. The van der Waals surface area contributed by atoms with Crippen molar-refractivity contribution >= 4 is 15.9 Å². The van der Waals surface area contributed by atoms with Crippen molar-refractivity contribution in [2.45, 2.75) is 25.2 Å². The van der Waals surface area contributed by atoms with Crippen LogP contribution in [-0.2, 0) is 15.3 Å². The van der Waals surface area contributed by atoms with Crippen LogP contribution in [0.4, 0.5) is 0 Å². The summed E-state index contributed by atoms with van der Waals surface area (Å²) in [6.45, 7) is 2.57. The van der Waals surface area contributed by atoms with Crippen molar-refractivity contribution in [2.75, 3.05) is 13.2 Å². The van der Waals surface area contributed by atoms with Crippen LogP contribution in [-0.4, -0.2) is 24.4 Å². The van der Waals surface area contributed by atoms with Crippen LogP contribution in [0.5, 0.6) is 0 Å². The summed E-state index contributed by atoms with van der Waals surface area (Å²) in [5, 5.41) is 8.86. The van der Waals surface area contributed by atoms with Crippen LogP contribution in [0.25, 0.3) is 0 Å². The normalized spacial score (nSPS) is 29.6. The summed E-state index contributed by atoms with van der Waals surface area (Å²) < 4.78 is 12.5. The van der Waals surface area contributed by atoms with Gasteiger partial charge in [-0.25, -0.2) is 0 Å². The first-order chi connectivity index (χ1) is 7.64. The van der Waals surface area contributed by atoms with Crippen LogP contribution in [0, 0.1) is 0 Å². The number of rotatable bonds is 3. The maximum absolute atomic E-state index is 8.86. The third-order valence-corrected chi connectivity index (χ3v) is 3.28. The SMILES string of the molecule is CC1(c2ccc(Br)cc2)OCC(CCO)O1. The maximum Gasteiger partial charge on any atom is 0.192 e. The van der Waals surface area contributed by atoms with Crippen molar-refractivity contribution < 1.29 is 14.6 Å². The van der Waals surface area contributed by atoms with Gasteiger partial charge in [0.25, 0.3) is 0 Å². The molecule has 1 N–H and O–H groups in total. The van der Waals surface area contributed by atoms with Gasteiger partial charge in [-0.15, -0.1) is 0 Å². The van der Waals surface area contributed by atoms with Crippen LogP contribution in [0.2, 0.25) is 0 Å². The second-order valence-corrected chi connectivity index (χ2v) is 4.93. The van der Waals surface area contributed by atoms with Gasteiger partial charge in [0.2, 0.25) is 0 Å². The molecule has 0 saturated carbocycles. The molecule has 0 radical (unpaired) electrons. The van der Waals surface area contributed by atoms with Crippen molar-refractivity contribution in [1.82, 2.24) is 0 Å². The van der Waals surface area contributed by atoms with Gasteiger partial charge in [0.15, 0.2) is 5.79 Å². The summed E-state index contributed by atoms with van der Waals surface area (Å²) in [7, 11) is 0. The zero-order valence-corrected chi connectivity index (χ0v) is 10.7. The molecule has 1 heterocycles. The monoisotopic (exact) mass is 286 g/mol. The summed E-state index contributed by atoms with van der Waals surface area (Å²) in [6.07, 6.45) is 0.602. The molecule has 0 spiro atoms. The Morgan fingerprint density at radius 1 is 1.44 bits per heavy atom. The first-order valence-corrected chi connectivity index (χ1v) is 6.12. The Labute approximate surface area is 104 Å². The lowest BCUT2D eigenvalue weighted by molar-refractivity contribution is -0.163. The van der Waals surface area contributed by atoms with Crippen molar-refractivity contribution in [3.63, 3.8) is 0 Å². The smallest absolute Gasteiger partial charge is 0.192 e. The van der Waals surface area contributed by atoms with Crippen molar-refractivity contribution in [3.05, 3.63) is 34.3 Å². The van der Waals surface area contributed by atoms with Gasteiger partial charge in [0.1, 0.15) is 0 Å². The third-order valence-electron chi connectivity index (χ3n) is 2.76. The van der Waals surface area contributed by atoms with Crippen LogP contribution in [0.15, 0.2) is 28.7 Å². The highest BCUT2D eigenvalue weighted by Gasteiger charge is 2.38. The molecule has 4 heteroatoms. The Kier molecular flexibility index (Phi) is 3.64. The summed E-state index contributed by atoms with van der Waals surface area (Å²) in [5.41, 5.74) is 0.996. The van der Waals surface area contributed by atoms with Gasteiger partial charge < -0.3 is 14.6 Å². The van der Waals surface area contributed by atoms with E-state index in [1.165, 1.54) is 0 Å². The van der Waals surface area contributed by atoms with E-state index in [4.69, 9.17) is 14.6 Å². The van der Waals surface area contributed by atoms with E-state index in [1.807, 2.05) is 31.2 Å². The summed E-state index contributed by atoms with van der Waals surface area (Å²) in [6, 6.07) is 7.89. The molecule has 2 atom stereocenters. The summed E-state index contributed by atoms with van der Waals surface area (Å²) >= 11 is 3.39. The lowest BCUT2D eigenvalue weighted by atomic mass is 10.1. The van der Waals surface area contributed by atoms with Crippen LogP contribution >= 0.6 is 15.9 Å². The van der Waals surface area contributed by atoms with Gasteiger partial charge >= 0.3 is 0 Å². The topological polar surface area (TPSA) is 38.7 Å². The third kappa shape index (κ3) is 2.46. The van der Waals surface area contributed by atoms with Crippen LogP contribution in [0.1, 0.15) is 18.9 Å². The van der Waals surface area contributed by atoms with Gasteiger partial charge in [-0.1, -0.05) is 28.1 Å². The fourth-order valence-corrected chi connectivity index (χ4v) is 2.09. The molecular formula is C12H15BrO3. The van der Waals surface area contributed by atoms with Crippen LogP contribution < -0.4 is 0 Å². The first kappa shape index (κ1) is 12.0. The Bertz CT molecular complexity index is 352. The molecular weight excluding hydrogens is 272 g/mol.